The summed E-state index contributed by atoms with van der Waals surface area (Å²) >= 11 is 0. The molecule has 0 heterocycles. The summed E-state index contributed by atoms with van der Waals surface area (Å²) in [5.74, 6) is 0.293. The Kier molecular flexibility index (Phi) is 2.49. The summed E-state index contributed by atoms with van der Waals surface area (Å²) in [5.41, 5.74) is -1.02. The SMILES string of the molecule is CC(=N)NC1([O])CCCCC1. The van der Waals surface area contributed by atoms with Gasteiger partial charge in [-0.25, -0.2) is 5.11 Å². The lowest BCUT2D eigenvalue weighted by Gasteiger charge is -2.30. The molecule has 0 amide bonds. The van der Waals surface area contributed by atoms with E-state index in [1.54, 1.807) is 6.92 Å². The van der Waals surface area contributed by atoms with Gasteiger partial charge < -0.3 is 5.32 Å². The molecule has 0 aromatic carbocycles. The van der Waals surface area contributed by atoms with Crippen LogP contribution in [0.25, 0.3) is 0 Å². The van der Waals surface area contributed by atoms with E-state index in [1.165, 1.54) is 6.42 Å². The second kappa shape index (κ2) is 3.22. The third-order valence-electron chi connectivity index (χ3n) is 2.08. The van der Waals surface area contributed by atoms with E-state index in [2.05, 4.69) is 5.32 Å². The predicted octanol–water partition coefficient (Wildman–Crippen LogP) is 1.66. The van der Waals surface area contributed by atoms with Crippen LogP contribution < -0.4 is 5.32 Å². The first-order chi connectivity index (χ1) is 5.12. The van der Waals surface area contributed by atoms with Crippen LogP contribution in [0.15, 0.2) is 0 Å². The standard InChI is InChI=1S/C8H15N2O/c1-7(9)10-8(11)5-3-2-4-6-8/h2-6H2,1H3,(H2,9,10). The zero-order valence-corrected chi connectivity index (χ0v) is 6.94. The monoisotopic (exact) mass is 155 g/mol. The molecule has 0 spiro atoms. The van der Waals surface area contributed by atoms with Crippen LogP contribution in [0, 0.1) is 5.41 Å². The predicted molar refractivity (Wildman–Crippen MR) is 43.0 cm³/mol. The molecule has 2 N–H and O–H groups in total. The summed E-state index contributed by atoms with van der Waals surface area (Å²) < 4.78 is 0. The molecule has 63 valence electrons. The fourth-order valence-electron chi connectivity index (χ4n) is 1.59. The number of hydrogen-bond acceptors (Lipinski definition) is 1. The Hall–Kier alpha value is -0.570. The van der Waals surface area contributed by atoms with Crippen LogP contribution in [-0.4, -0.2) is 11.6 Å². The molecule has 1 aliphatic carbocycles. The normalized spacial score (nSPS) is 22.7. The highest BCUT2D eigenvalue weighted by atomic mass is 16.3. The third-order valence-corrected chi connectivity index (χ3v) is 2.08. The average Bonchev–Trinajstić information content (AvgIpc) is 1.85. The fourth-order valence-corrected chi connectivity index (χ4v) is 1.59. The van der Waals surface area contributed by atoms with E-state index in [1.807, 2.05) is 0 Å². The molecule has 11 heavy (non-hydrogen) atoms. The van der Waals surface area contributed by atoms with Crippen molar-refractivity contribution in [1.82, 2.24) is 5.32 Å². The zero-order valence-electron chi connectivity index (χ0n) is 6.94. The maximum absolute atomic E-state index is 11.7. The number of rotatable bonds is 1. The molecule has 1 saturated carbocycles. The molecule has 0 unspecified atom stereocenters. The summed E-state index contributed by atoms with van der Waals surface area (Å²) in [5, 5.41) is 21.5. The van der Waals surface area contributed by atoms with Gasteiger partial charge in [-0.2, -0.15) is 0 Å². The van der Waals surface area contributed by atoms with E-state index in [0.29, 0.717) is 18.7 Å². The van der Waals surface area contributed by atoms with Crippen molar-refractivity contribution in [1.29, 1.82) is 5.41 Å². The Bertz CT molecular complexity index is 150. The van der Waals surface area contributed by atoms with Crippen LogP contribution in [0.3, 0.4) is 0 Å². The van der Waals surface area contributed by atoms with Gasteiger partial charge >= 0.3 is 0 Å². The van der Waals surface area contributed by atoms with Crippen LogP contribution in [0.5, 0.6) is 0 Å². The van der Waals surface area contributed by atoms with Gasteiger partial charge in [0.25, 0.3) is 0 Å². The van der Waals surface area contributed by atoms with Gasteiger partial charge in [-0.15, -0.1) is 0 Å². The first-order valence-electron chi connectivity index (χ1n) is 4.16. The minimum Gasteiger partial charge on any atom is -0.344 e. The molecule has 1 radical (unpaired) electrons. The topological polar surface area (TPSA) is 55.8 Å². The maximum Gasteiger partial charge on any atom is 0.174 e. The largest absolute Gasteiger partial charge is 0.344 e. The number of nitrogens with one attached hydrogen (secondary N) is 2. The molecule has 3 nitrogen and oxygen atoms in total. The lowest BCUT2D eigenvalue weighted by molar-refractivity contribution is -0.0711. The molecule has 1 aliphatic rings. The summed E-state index contributed by atoms with van der Waals surface area (Å²) in [6.07, 6.45) is 4.52. The summed E-state index contributed by atoms with van der Waals surface area (Å²) in [4.78, 5) is 0. The van der Waals surface area contributed by atoms with E-state index in [0.717, 1.165) is 12.8 Å². The van der Waals surface area contributed by atoms with Crippen molar-refractivity contribution in [3.63, 3.8) is 0 Å². The molecule has 0 saturated heterocycles. The summed E-state index contributed by atoms with van der Waals surface area (Å²) in [7, 11) is 0. The van der Waals surface area contributed by atoms with Gasteiger partial charge in [0.2, 0.25) is 0 Å². The van der Waals surface area contributed by atoms with Crippen molar-refractivity contribution in [3.05, 3.63) is 0 Å². The fraction of sp³-hybridized carbons (Fsp3) is 0.875. The zero-order chi connectivity index (χ0) is 8.32. The Morgan fingerprint density at radius 3 is 2.36 bits per heavy atom. The molecule has 0 atom stereocenters. The van der Waals surface area contributed by atoms with Crippen molar-refractivity contribution in [2.24, 2.45) is 0 Å². The minimum absolute atomic E-state index is 0.293. The van der Waals surface area contributed by atoms with Gasteiger partial charge in [-0.1, -0.05) is 6.42 Å². The van der Waals surface area contributed by atoms with E-state index in [4.69, 9.17) is 5.41 Å². The average molecular weight is 155 g/mol. The Balaban J connectivity index is 2.43. The van der Waals surface area contributed by atoms with Crippen LogP contribution in [0.4, 0.5) is 0 Å². The molecular formula is C8H15N2O. The highest BCUT2D eigenvalue weighted by Gasteiger charge is 2.30. The molecule has 0 aromatic heterocycles. The lowest BCUT2D eigenvalue weighted by atomic mass is 9.92. The second-order valence-electron chi connectivity index (χ2n) is 3.30. The molecular weight excluding hydrogens is 140 g/mol. The van der Waals surface area contributed by atoms with Crippen molar-refractivity contribution in [2.75, 3.05) is 0 Å². The van der Waals surface area contributed by atoms with Crippen LogP contribution in [0.2, 0.25) is 0 Å². The molecule has 0 bridgehead atoms. The third kappa shape index (κ3) is 2.50. The Morgan fingerprint density at radius 1 is 1.36 bits per heavy atom. The lowest BCUT2D eigenvalue weighted by Crippen LogP contribution is -2.47. The van der Waals surface area contributed by atoms with Gasteiger partial charge in [-0.05, 0) is 32.6 Å². The van der Waals surface area contributed by atoms with Gasteiger partial charge in [0.1, 0.15) is 0 Å². The van der Waals surface area contributed by atoms with E-state index >= 15 is 0 Å². The van der Waals surface area contributed by atoms with Crippen LogP contribution in [-0.2, 0) is 5.11 Å². The molecule has 0 aromatic rings. The Morgan fingerprint density at radius 2 is 1.91 bits per heavy atom. The van der Waals surface area contributed by atoms with E-state index < -0.39 is 5.72 Å². The maximum atomic E-state index is 11.7. The van der Waals surface area contributed by atoms with Crippen LogP contribution >= 0.6 is 0 Å². The van der Waals surface area contributed by atoms with E-state index in [-0.39, 0.29) is 0 Å². The quantitative estimate of drug-likeness (QED) is 0.338. The number of hydrogen-bond donors (Lipinski definition) is 2. The first-order valence-corrected chi connectivity index (χ1v) is 4.16. The highest BCUT2D eigenvalue weighted by Crippen LogP contribution is 2.25. The van der Waals surface area contributed by atoms with Crippen molar-refractivity contribution < 1.29 is 5.11 Å². The van der Waals surface area contributed by atoms with Gasteiger partial charge in [0, 0.05) is 0 Å². The summed E-state index contributed by atoms with van der Waals surface area (Å²) in [6, 6.07) is 0. The smallest absolute Gasteiger partial charge is 0.174 e. The van der Waals surface area contributed by atoms with Gasteiger partial charge in [0.05, 0.1) is 5.84 Å². The minimum atomic E-state index is -1.02. The first kappa shape index (κ1) is 8.53. The molecule has 1 rings (SSSR count). The number of amidine groups is 1. The molecule has 3 heteroatoms. The second-order valence-corrected chi connectivity index (χ2v) is 3.30. The van der Waals surface area contributed by atoms with Crippen LogP contribution in [0.1, 0.15) is 39.0 Å². The van der Waals surface area contributed by atoms with E-state index in [9.17, 15) is 5.11 Å². The summed E-state index contributed by atoms with van der Waals surface area (Å²) in [6.45, 7) is 1.62. The van der Waals surface area contributed by atoms with Crippen molar-refractivity contribution >= 4 is 5.84 Å². The van der Waals surface area contributed by atoms with Crippen molar-refractivity contribution in [3.8, 4) is 0 Å². The Labute approximate surface area is 67.3 Å². The van der Waals surface area contributed by atoms with Gasteiger partial charge in [0.15, 0.2) is 5.72 Å². The van der Waals surface area contributed by atoms with Crippen molar-refractivity contribution in [2.45, 2.75) is 44.8 Å². The van der Waals surface area contributed by atoms with Gasteiger partial charge in [-0.3, -0.25) is 5.41 Å². The highest BCUT2D eigenvalue weighted by molar-refractivity contribution is 5.76. The molecule has 1 fully saturated rings. The molecule has 0 aliphatic heterocycles.